The summed E-state index contributed by atoms with van der Waals surface area (Å²) in [4.78, 5) is 17.6. The molecule has 3 aromatic rings. The van der Waals surface area contributed by atoms with E-state index in [1.54, 1.807) is 17.7 Å². The number of aromatic nitrogens is 4. The molecule has 0 radical (unpaired) electrons. The summed E-state index contributed by atoms with van der Waals surface area (Å²) in [6, 6.07) is 2.02. The standard InChI is InChI=1S/C16H20N4S/c1-4-11(7-10(2)3)16-18-8-13(21-16)14-12-5-6-17-15(12)20-9-19-14/h5-6,8-11H,4,7H2,1-3H3,(H,17,19,20). The predicted octanol–water partition coefficient (Wildman–Crippen LogP) is 4.62. The Bertz CT molecular complexity index is 729. The van der Waals surface area contributed by atoms with Gasteiger partial charge in [-0.05, 0) is 24.8 Å². The molecule has 0 bridgehead atoms. The largest absolute Gasteiger partial charge is 0.346 e. The second-order valence-electron chi connectivity index (χ2n) is 5.76. The van der Waals surface area contributed by atoms with Gasteiger partial charge in [-0.15, -0.1) is 11.3 Å². The van der Waals surface area contributed by atoms with Crippen molar-refractivity contribution in [3.8, 4) is 10.6 Å². The van der Waals surface area contributed by atoms with E-state index in [9.17, 15) is 0 Å². The van der Waals surface area contributed by atoms with E-state index in [1.165, 1.54) is 11.4 Å². The van der Waals surface area contributed by atoms with Crippen LogP contribution < -0.4 is 0 Å². The second kappa shape index (κ2) is 5.93. The van der Waals surface area contributed by atoms with Crippen LogP contribution in [-0.2, 0) is 0 Å². The SMILES string of the molecule is CCC(CC(C)C)c1ncc(-c2ncnc3[nH]ccc23)s1. The molecule has 21 heavy (non-hydrogen) atoms. The molecule has 0 spiro atoms. The fraction of sp³-hybridized carbons (Fsp3) is 0.438. The third kappa shape index (κ3) is 2.83. The maximum absolute atomic E-state index is 4.66. The molecule has 0 amide bonds. The van der Waals surface area contributed by atoms with Gasteiger partial charge in [0, 0.05) is 23.7 Å². The fourth-order valence-electron chi connectivity index (χ4n) is 2.67. The van der Waals surface area contributed by atoms with Crippen LogP contribution in [0, 0.1) is 5.92 Å². The van der Waals surface area contributed by atoms with Crippen molar-refractivity contribution < 1.29 is 0 Å². The number of nitrogens with one attached hydrogen (secondary N) is 1. The van der Waals surface area contributed by atoms with Crippen LogP contribution in [0.5, 0.6) is 0 Å². The minimum absolute atomic E-state index is 0.548. The van der Waals surface area contributed by atoms with Gasteiger partial charge in [0.05, 0.1) is 15.6 Å². The molecule has 0 aliphatic heterocycles. The average Bonchev–Trinajstić information content (AvgIpc) is 3.12. The molecule has 0 aliphatic carbocycles. The van der Waals surface area contributed by atoms with E-state index in [0.29, 0.717) is 11.8 Å². The van der Waals surface area contributed by atoms with Crippen LogP contribution >= 0.6 is 11.3 Å². The van der Waals surface area contributed by atoms with Crippen molar-refractivity contribution in [1.82, 2.24) is 19.9 Å². The Balaban J connectivity index is 1.96. The Morgan fingerprint density at radius 1 is 1.24 bits per heavy atom. The number of hydrogen-bond acceptors (Lipinski definition) is 4. The Labute approximate surface area is 128 Å². The molecule has 1 atom stereocenters. The van der Waals surface area contributed by atoms with E-state index >= 15 is 0 Å². The third-order valence-electron chi connectivity index (χ3n) is 3.71. The van der Waals surface area contributed by atoms with Crippen molar-refractivity contribution in [2.24, 2.45) is 5.92 Å². The minimum atomic E-state index is 0.548. The summed E-state index contributed by atoms with van der Waals surface area (Å²) in [6.07, 6.45) is 7.79. The summed E-state index contributed by atoms with van der Waals surface area (Å²) < 4.78 is 0. The molecule has 0 aliphatic rings. The van der Waals surface area contributed by atoms with Crippen molar-refractivity contribution in [2.75, 3.05) is 0 Å². The summed E-state index contributed by atoms with van der Waals surface area (Å²) in [5, 5.41) is 2.29. The number of thiazole rings is 1. The lowest BCUT2D eigenvalue weighted by molar-refractivity contribution is 0.488. The second-order valence-corrected chi connectivity index (χ2v) is 6.82. The van der Waals surface area contributed by atoms with Gasteiger partial charge in [-0.3, -0.25) is 0 Å². The number of hydrogen-bond donors (Lipinski definition) is 1. The highest BCUT2D eigenvalue weighted by molar-refractivity contribution is 7.15. The first-order valence-electron chi connectivity index (χ1n) is 7.43. The third-order valence-corrected chi connectivity index (χ3v) is 4.88. The summed E-state index contributed by atoms with van der Waals surface area (Å²) in [7, 11) is 0. The highest BCUT2D eigenvalue weighted by Crippen LogP contribution is 2.35. The van der Waals surface area contributed by atoms with Crippen LogP contribution in [0.2, 0.25) is 0 Å². The van der Waals surface area contributed by atoms with Gasteiger partial charge in [-0.2, -0.15) is 0 Å². The van der Waals surface area contributed by atoms with Crippen molar-refractivity contribution in [2.45, 2.75) is 39.5 Å². The van der Waals surface area contributed by atoms with Gasteiger partial charge in [0.2, 0.25) is 0 Å². The Morgan fingerprint density at radius 2 is 2.10 bits per heavy atom. The molecule has 5 heteroatoms. The lowest BCUT2D eigenvalue weighted by Crippen LogP contribution is -2.01. The highest BCUT2D eigenvalue weighted by atomic mass is 32.1. The molecule has 4 nitrogen and oxygen atoms in total. The Morgan fingerprint density at radius 3 is 2.86 bits per heavy atom. The predicted molar refractivity (Wildman–Crippen MR) is 87.5 cm³/mol. The molecule has 0 saturated heterocycles. The molecule has 110 valence electrons. The van der Waals surface area contributed by atoms with Gasteiger partial charge in [-0.1, -0.05) is 20.8 Å². The molecular formula is C16H20N4S. The average molecular weight is 300 g/mol. The number of aromatic amines is 1. The van der Waals surface area contributed by atoms with Gasteiger partial charge in [-0.25, -0.2) is 15.0 Å². The molecule has 1 N–H and O–H groups in total. The van der Waals surface area contributed by atoms with E-state index in [1.807, 2.05) is 18.5 Å². The normalized spacial score (nSPS) is 13.1. The van der Waals surface area contributed by atoms with Gasteiger partial charge in [0.25, 0.3) is 0 Å². The maximum Gasteiger partial charge on any atom is 0.141 e. The zero-order chi connectivity index (χ0) is 14.8. The first kappa shape index (κ1) is 14.2. The topological polar surface area (TPSA) is 54.5 Å². The molecule has 1 unspecified atom stereocenters. The van der Waals surface area contributed by atoms with E-state index in [2.05, 4.69) is 40.7 Å². The summed E-state index contributed by atoms with van der Waals surface area (Å²) in [6.45, 7) is 6.78. The number of rotatable bonds is 5. The van der Waals surface area contributed by atoms with E-state index in [0.717, 1.165) is 28.0 Å². The van der Waals surface area contributed by atoms with E-state index in [-0.39, 0.29) is 0 Å². The van der Waals surface area contributed by atoms with E-state index in [4.69, 9.17) is 0 Å². The number of nitrogens with zero attached hydrogens (tertiary/aromatic N) is 3. The van der Waals surface area contributed by atoms with Crippen LogP contribution in [0.4, 0.5) is 0 Å². The van der Waals surface area contributed by atoms with Gasteiger partial charge in [0.1, 0.15) is 12.0 Å². The van der Waals surface area contributed by atoms with Crippen LogP contribution in [0.15, 0.2) is 24.8 Å². The van der Waals surface area contributed by atoms with Crippen LogP contribution in [0.3, 0.4) is 0 Å². The van der Waals surface area contributed by atoms with Gasteiger partial charge >= 0.3 is 0 Å². The van der Waals surface area contributed by atoms with Crippen LogP contribution in [0.25, 0.3) is 21.6 Å². The van der Waals surface area contributed by atoms with Crippen molar-refractivity contribution in [3.63, 3.8) is 0 Å². The van der Waals surface area contributed by atoms with Crippen molar-refractivity contribution in [1.29, 1.82) is 0 Å². The number of fused-ring (bicyclic) bond motifs is 1. The van der Waals surface area contributed by atoms with Gasteiger partial charge < -0.3 is 4.98 Å². The van der Waals surface area contributed by atoms with Crippen LogP contribution in [-0.4, -0.2) is 19.9 Å². The minimum Gasteiger partial charge on any atom is -0.346 e. The van der Waals surface area contributed by atoms with Crippen molar-refractivity contribution >= 4 is 22.4 Å². The zero-order valence-electron chi connectivity index (χ0n) is 12.6. The van der Waals surface area contributed by atoms with E-state index < -0.39 is 0 Å². The highest BCUT2D eigenvalue weighted by Gasteiger charge is 2.17. The summed E-state index contributed by atoms with van der Waals surface area (Å²) >= 11 is 1.76. The monoisotopic (exact) mass is 300 g/mol. The van der Waals surface area contributed by atoms with Crippen molar-refractivity contribution in [3.05, 3.63) is 29.8 Å². The smallest absolute Gasteiger partial charge is 0.141 e. The molecule has 3 rings (SSSR count). The molecule has 3 aromatic heterocycles. The molecule has 0 aromatic carbocycles. The first-order valence-corrected chi connectivity index (χ1v) is 8.24. The summed E-state index contributed by atoms with van der Waals surface area (Å²) in [5.74, 6) is 1.24. The Kier molecular flexibility index (Phi) is 4.01. The molecular weight excluding hydrogens is 280 g/mol. The fourth-order valence-corrected chi connectivity index (χ4v) is 3.79. The quantitative estimate of drug-likeness (QED) is 0.748. The summed E-state index contributed by atoms with van der Waals surface area (Å²) in [5.41, 5.74) is 1.86. The zero-order valence-corrected chi connectivity index (χ0v) is 13.4. The lowest BCUT2D eigenvalue weighted by Gasteiger charge is -2.13. The van der Waals surface area contributed by atoms with Crippen LogP contribution in [0.1, 0.15) is 44.5 Å². The number of H-pyrrole nitrogens is 1. The molecule has 0 saturated carbocycles. The van der Waals surface area contributed by atoms with Gasteiger partial charge in [0.15, 0.2) is 0 Å². The lowest BCUT2D eigenvalue weighted by atomic mass is 9.95. The molecule has 3 heterocycles. The Hall–Kier alpha value is -1.75. The maximum atomic E-state index is 4.66. The molecule has 0 fully saturated rings. The first-order chi connectivity index (χ1) is 10.2.